The zero-order valence-corrected chi connectivity index (χ0v) is 10.6. The van der Waals surface area contributed by atoms with Gasteiger partial charge in [0.1, 0.15) is 6.04 Å². The van der Waals surface area contributed by atoms with Crippen molar-refractivity contribution in [1.82, 2.24) is 10.2 Å². The molecule has 0 aromatic rings. The first-order valence-electron chi connectivity index (χ1n) is 6.82. The number of hydrogen-bond donors (Lipinski definition) is 1. The van der Waals surface area contributed by atoms with E-state index in [1.165, 1.54) is 25.7 Å². The Kier molecular flexibility index (Phi) is 4.02. The van der Waals surface area contributed by atoms with Crippen LogP contribution in [0.2, 0.25) is 0 Å². The van der Waals surface area contributed by atoms with E-state index in [0.29, 0.717) is 12.5 Å². The lowest BCUT2D eigenvalue weighted by atomic mass is 10.0. The molecule has 1 saturated carbocycles. The van der Waals surface area contributed by atoms with Crippen molar-refractivity contribution in [2.45, 2.75) is 64.0 Å². The lowest BCUT2D eigenvalue weighted by Crippen LogP contribution is -2.60. The van der Waals surface area contributed by atoms with E-state index in [2.05, 4.69) is 5.32 Å². The highest BCUT2D eigenvalue weighted by atomic mass is 16.2. The molecule has 96 valence electrons. The molecule has 1 atom stereocenters. The molecule has 4 nitrogen and oxygen atoms in total. The van der Waals surface area contributed by atoms with E-state index in [4.69, 9.17) is 0 Å². The minimum Gasteiger partial charge on any atom is -0.343 e. The third kappa shape index (κ3) is 2.79. The summed E-state index contributed by atoms with van der Waals surface area (Å²) >= 11 is 0. The van der Waals surface area contributed by atoms with E-state index in [-0.39, 0.29) is 24.4 Å². The Morgan fingerprint density at radius 2 is 1.82 bits per heavy atom. The van der Waals surface area contributed by atoms with Gasteiger partial charge in [0.05, 0.1) is 6.54 Å². The van der Waals surface area contributed by atoms with E-state index in [1.54, 1.807) is 0 Å². The maximum Gasteiger partial charge on any atom is 0.245 e. The second-order valence-electron chi connectivity index (χ2n) is 5.14. The van der Waals surface area contributed by atoms with Crippen LogP contribution in [-0.2, 0) is 9.59 Å². The van der Waals surface area contributed by atoms with Crippen LogP contribution in [0, 0.1) is 0 Å². The minimum absolute atomic E-state index is 0.000645. The Hall–Kier alpha value is -1.06. The number of rotatable bonds is 2. The van der Waals surface area contributed by atoms with Crippen molar-refractivity contribution >= 4 is 11.8 Å². The van der Waals surface area contributed by atoms with Gasteiger partial charge in [0.25, 0.3) is 0 Å². The fourth-order valence-electron chi connectivity index (χ4n) is 2.89. The fourth-order valence-corrected chi connectivity index (χ4v) is 2.89. The van der Waals surface area contributed by atoms with Crippen molar-refractivity contribution in [3.63, 3.8) is 0 Å². The lowest BCUT2D eigenvalue weighted by Gasteiger charge is -2.37. The summed E-state index contributed by atoms with van der Waals surface area (Å²) in [6, 6.07) is 0.00426. The maximum atomic E-state index is 12.2. The molecule has 2 fully saturated rings. The first-order chi connectivity index (χ1) is 8.22. The van der Waals surface area contributed by atoms with Crippen LogP contribution in [0.5, 0.6) is 0 Å². The molecule has 1 heterocycles. The van der Waals surface area contributed by atoms with Crippen molar-refractivity contribution < 1.29 is 9.59 Å². The zero-order valence-electron chi connectivity index (χ0n) is 10.6. The standard InChI is InChI=1S/C13H22N2O2/c1-2-11-13(17)15(9-12(16)14-11)10-7-5-3-4-6-8-10/h10-11H,2-9H2,1H3,(H,14,16). The van der Waals surface area contributed by atoms with Crippen LogP contribution in [0.15, 0.2) is 0 Å². The first-order valence-corrected chi connectivity index (χ1v) is 6.82. The highest BCUT2D eigenvalue weighted by molar-refractivity contribution is 5.94. The number of carbonyl (C=O) groups excluding carboxylic acids is 2. The van der Waals surface area contributed by atoms with E-state index in [1.807, 2.05) is 11.8 Å². The fraction of sp³-hybridized carbons (Fsp3) is 0.846. The number of hydrogen-bond acceptors (Lipinski definition) is 2. The SMILES string of the molecule is CCC1NC(=O)CN(C2CCCCCC2)C1=O. The van der Waals surface area contributed by atoms with Crippen LogP contribution >= 0.6 is 0 Å². The van der Waals surface area contributed by atoms with Gasteiger partial charge in [-0.2, -0.15) is 0 Å². The predicted molar refractivity (Wildman–Crippen MR) is 65.4 cm³/mol. The third-order valence-corrected chi connectivity index (χ3v) is 3.90. The van der Waals surface area contributed by atoms with E-state index < -0.39 is 0 Å². The first kappa shape index (κ1) is 12.4. The number of carbonyl (C=O) groups is 2. The lowest BCUT2D eigenvalue weighted by molar-refractivity contribution is -0.147. The van der Waals surface area contributed by atoms with Crippen LogP contribution < -0.4 is 5.32 Å². The quantitative estimate of drug-likeness (QED) is 0.740. The van der Waals surface area contributed by atoms with Gasteiger partial charge in [0.2, 0.25) is 11.8 Å². The molecule has 4 heteroatoms. The Balaban J connectivity index is 2.06. The van der Waals surface area contributed by atoms with Gasteiger partial charge in [-0.05, 0) is 19.3 Å². The molecule has 0 aromatic heterocycles. The molecule has 0 spiro atoms. The molecule has 0 radical (unpaired) electrons. The minimum atomic E-state index is -0.292. The van der Waals surface area contributed by atoms with Crippen molar-refractivity contribution in [1.29, 1.82) is 0 Å². The molecule has 2 rings (SSSR count). The maximum absolute atomic E-state index is 12.2. The van der Waals surface area contributed by atoms with Crippen molar-refractivity contribution in [3.8, 4) is 0 Å². The smallest absolute Gasteiger partial charge is 0.245 e. The molecule has 0 bridgehead atoms. The summed E-state index contributed by atoms with van der Waals surface area (Å²) in [5.74, 6) is 0.125. The van der Waals surface area contributed by atoms with Gasteiger partial charge in [-0.25, -0.2) is 0 Å². The highest BCUT2D eigenvalue weighted by Gasteiger charge is 2.35. The average Bonchev–Trinajstić information content (AvgIpc) is 2.60. The molecule has 1 unspecified atom stereocenters. The molecule has 1 N–H and O–H groups in total. The van der Waals surface area contributed by atoms with Crippen molar-refractivity contribution in [3.05, 3.63) is 0 Å². The van der Waals surface area contributed by atoms with Crippen molar-refractivity contribution in [2.24, 2.45) is 0 Å². The molecular weight excluding hydrogens is 216 g/mol. The Morgan fingerprint density at radius 3 is 2.41 bits per heavy atom. The summed E-state index contributed by atoms with van der Waals surface area (Å²) in [5, 5.41) is 2.77. The Labute approximate surface area is 103 Å². The summed E-state index contributed by atoms with van der Waals surface area (Å²) in [6.07, 6.45) is 7.72. The monoisotopic (exact) mass is 238 g/mol. The summed E-state index contributed by atoms with van der Waals surface area (Å²) in [5.41, 5.74) is 0. The summed E-state index contributed by atoms with van der Waals surface area (Å²) < 4.78 is 0. The third-order valence-electron chi connectivity index (χ3n) is 3.90. The van der Waals surface area contributed by atoms with E-state index >= 15 is 0 Å². The molecule has 17 heavy (non-hydrogen) atoms. The zero-order chi connectivity index (χ0) is 12.3. The largest absolute Gasteiger partial charge is 0.343 e. The van der Waals surface area contributed by atoms with Gasteiger partial charge in [0.15, 0.2) is 0 Å². The van der Waals surface area contributed by atoms with Gasteiger partial charge in [-0.1, -0.05) is 32.6 Å². The van der Waals surface area contributed by atoms with Crippen LogP contribution in [0.1, 0.15) is 51.9 Å². The molecular formula is C13H22N2O2. The molecule has 2 amide bonds. The van der Waals surface area contributed by atoms with Crippen LogP contribution in [0.25, 0.3) is 0 Å². The van der Waals surface area contributed by atoms with Crippen LogP contribution in [0.3, 0.4) is 0 Å². The Bertz CT molecular complexity index is 296. The molecule has 1 saturated heterocycles. The summed E-state index contributed by atoms with van der Waals surface area (Å²) in [7, 11) is 0. The second kappa shape index (κ2) is 5.52. The van der Waals surface area contributed by atoms with Gasteiger partial charge in [-0.15, -0.1) is 0 Å². The van der Waals surface area contributed by atoms with Gasteiger partial charge >= 0.3 is 0 Å². The van der Waals surface area contributed by atoms with E-state index in [9.17, 15) is 9.59 Å². The number of piperazine rings is 1. The average molecular weight is 238 g/mol. The van der Waals surface area contributed by atoms with Gasteiger partial charge in [0, 0.05) is 6.04 Å². The van der Waals surface area contributed by atoms with Crippen LogP contribution in [0.4, 0.5) is 0 Å². The number of nitrogens with one attached hydrogen (secondary N) is 1. The van der Waals surface area contributed by atoms with Crippen LogP contribution in [-0.4, -0.2) is 35.3 Å². The normalized spacial score (nSPS) is 27.8. The number of nitrogens with zero attached hydrogens (tertiary/aromatic N) is 1. The predicted octanol–water partition coefficient (Wildman–Crippen LogP) is 1.45. The van der Waals surface area contributed by atoms with Crippen molar-refractivity contribution in [2.75, 3.05) is 6.54 Å². The van der Waals surface area contributed by atoms with Gasteiger partial charge < -0.3 is 10.2 Å². The molecule has 0 aromatic carbocycles. The second-order valence-corrected chi connectivity index (χ2v) is 5.14. The van der Waals surface area contributed by atoms with E-state index in [0.717, 1.165) is 12.8 Å². The number of amides is 2. The molecule has 1 aliphatic heterocycles. The van der Waals surface area contributed by atoms with Gasteiger partial charge in [-0.3, -0.25) is 9.59 Å². The highest BCUT2D eigenvalue weighted by Crippen LogP contribution is 2.23. The molecule has 1 aliphatic carbocycles. The summed E-state index contributed by atoms with van der Waals surface area (Å²) in [4.78, 5) is 25.7. The molecule has 2 aliphatic rings. The Morgan fingerprint density at radius 1 is 1.18 bits per heavy atom. The summed E-state index contributed by atoms with van der Waals surface area (Å²) in [6.45, 7) is 2.21. The topological polar surface area (TPSA) is 49.4 Å².